The number of hydrogen-bond acceptors (Lipinski definition) is 7. The van der Waals surface area contributed by atoms with Crippen molar-refractivity contribution in [1.29, 1.82) is 0 Å². The van der Waals surface area contributed by atoms with Crippen LogP contribution in [0.2, 0.25) is 0 Å². The summed E-state index contributed by atoms with van der Waals surface area (Å²) in [6, 6.07) is 1.96. The molecular weight excluding hydrogens is 376 g/mol. The molecule has 4 N–H and O–H groups in total. The fourth-order valence-electron chi connectivity index (χ4n) is 3.29. The van der Waals surface area contributed by atoms with E-state index in [-0.39, 0.29) is 12.4 Å². The Labute approximate surface area is 163 Å². The number of methoxy groups -OCH3 is 1. The maximum Gasteiger partial charge on any atom is 0.260 e. The Kier molecular flexibility index (Phi) is 7.45. The number of hydrogen-bond donors (Lipinski definition) is 2. The number of primary amides is 1. The van der Waals surface area contributed by atoms with Gasteiger partial charge in [0.1, 0.15) is 9.71 Å². The number of piperidine rings is 1. The van der Waals surface area contributed by atoms with Crippen LogP contribution in [0, 0.1) is 5.92 Å². The normalized spacial score (nSPS) is 17.3. The van der Waals surface area contributed by atoms with Gasteiger partial charge in [0.05, 0.1) is 36.6 Å². The van der Waals surface area contributed by atoms with Crippen molar-refractivity contribution >= 4 is 51.2 Å². The molecule has 2 aromatic heterocycles. The number of halogens is 1. The van der Waals surface area contributed by atoms with E-state index in [9.17, 15) is 4.79 Å². The van der Waals surface area contributed by atoms with Crippen molar-refractivity contribution in [1.82, 2.24) is 4.98 Å². The van der Waals surface area contributed by atoms with Gasteiger partial charge >= 0.3 is 0 Å². The maximum absolute atomic E-state index is 11.6. The van der Waals surface area contributed by atoms with Crippen molar-refractivity contribution in [3.63, 3.8) is 0 Å². The summed E-state index contributed by atoms with van der Waals surface area (Å²) in [7, 11) is 1.67. The quantitative estimate of drug-likeness (QED) is 0.691. The van der Waals surface area contributed by atoms with E-state index in [0.717, 1.165) is 48.4 Å². The third kappa shape index (κ3) is 4.37. The van der Waals surface area contributed by atoms with E-state index >= 15 is 0 Å². The minimum atomic E-state index is -0.505. The minimum absolute atomic E-state index is 0. The molecule has 0 radical (unpaired) electrons. The van der Waals surface area contributed by atoms with Crippen LogP contribution in [-0.4, -0.2) is 50.9 Å². The van der Waals surface area contributed by atoms with Crippen LogP contribution < -0.4 is 16.4 Å². The molecule has 1 saturated heterocycles. The molecule has 9 heteroatoms. The first-order valence-corrected chi connectivity index (χ1v) is 9.22. The van der Waals surface area contributed by atoms with Crippen molar-refractivity contribution in [2.45, 2.75) is 12.8 Å². The Morgan fingerprint density at radius 1 is 1.46 bits per heavy atom. The Balaban J connectivity index is 0.00000243. The van der Waals surface area contributed by atoms with Gasteiger partial charge in [-0.3, -0.25) is 4.79 Å². The molecule has 0 bridgehead atoms. The molecule has 0 aliphatic carbocycles. The highest BCUT2D eigenvalue weighted by Gasteiger charge is 2.24. The van der Waals surface area contributed by atoms with Crippen LogP contribution in [-0.2, 0) is 9.47 Å². The summed E-state index contributed by atoms with van der Waals surface area (Å²) in [5, 5.41) is 0.835. The molecule has 26 heavy (non-hydrogen) atoms. The molecule has 0 aromatic carbocycles. The number of thiophene rings is 1. The number of pyridine rings is 1. The average Bonchev–Trinajstić information content (AvgIpc) is 2.96. The van der Waals surface area contributed by atoms with E-state index in [4.69, 9.17) is 20.9 Å². The zero-order chi connectivity index (χ0) is 17.8. The number of fused-ring (bicyclic) bond motifs is 1. The Morgan fingerprint density at radius 3 is 3.00 bits per heavy atom. The molecule has 144 valence electrons. The van der Waals surface area contributed by atoms with Gasteiger partial charge in [-0.15, -0.1) is 23.7 Å². The minimum Gasteiger partial charge on any atom is -0.397 e. The SMILES string of the molecule is COCCOC[C@H]1CCCN(c2ccnc3sc(C(N)=O)c(N)c23)C1.Cl. The number of carbonyl (C=O) groups excluding carboxylic acids is 1. The Bertz CT molecular complexity index is 755. The molecule has 7 nitrogen and oxygen atoms in total. The van der Waals surface area contributed by atoms with Crippen molar-refractivity contribution in [3.8, 4) is 0 Å². The lowest BCUT2D eigenvalue weighted by atomic mass is 9.98. The number of nitrogens with zero attached hydrogens (tertiary/aromatic N) is 2. The van der Waals surface area contributed by atoms with Crippen LogP contribution >= 0.6 is 23.7 Å². The molecule has 1 amide bonds. The van der Waals surface area contributed by atoms with Gasteiger partial charge in [0, 0.05) is 26.4 Å². The number of nitrogens with two attached hydrogens (primary N) is 2. The molecule has 0 unspecified atom stereocenters. The van der Waals surface area contributed by atoms with E-state index in [1.165, 1.54) is 11.3 Å². The summed E-state index contributed by atoms with van der Waals surface area (Å²) in [5.41, 5.74) is 13.1. The monoisotopic (exact) mass is 400 g/mol. The van der Waals surface area contributed by atoms with Gasteiger partial charge in [-0.2, -0.15) is 0 Å². The van der Waals surface area contributed by atoms with E-state index < -0.39 is 5.91 Å². The number of aromatic nitrogens is 1. The highest BCUT2D eigenvalue weighted by atomic mass is 35.5. The Hall–Kier alpha value is -1.61. The largest absolute Gasteiger partial charge is 0.397 e. The molecule has 2 aromatic rings. The first kappa shape index (κ1) is 20.7. The molecule has 3 heterocycles. The molecule has 3 rings (SSSR count). The number of anilines is 2. The standard InChI is InChI=1S/C17H24N4O3S.ClH/c1-23-7-8-24-10-11-3-2-6-21(9-11)12-4-5-20-17-13(12)14(18)15(25-17)16(19)22;/h4-5,11H,2-3,6-10,18H2,1H3,(H2,19,22);1H/t11-;/m0./s1. The summed E-state index contributed by atoms with van der Waals surface area (Å²) >= 11 is 1.25. The zero-order valence-corrected chi connectivity index (χ0v) is 16.4. The zero-order valence-electron chi connectivity index (χ0n) is 14.8. The van der Waals surface area contributed by atoms with Crippen molar-refractivity contribution in [2.75, 3.05) is 50.7 Å². The van der Waals surface area contributed by atoms with Gasteiger partial charge < -0.3 is 25.8 Å². The molecular formula is C17H25ClN4O3S. The van der Waals surface area contributed by atoms with Crippen LogP contribution in [0.3, 0.4) is 0 Å². The third-order valence-electron chi connectivity index (χ3n) is 4.48. The van der Waals surface area contributed by atoms with Gasteiger partial charge in [0.25, 0.3) is 5.91 Å². The number of carbonyl (C=O) groups is 1. The molecule has 1 aliphatic heterocycles. The molecule has 0 spiro atoms. The summed E-state index contributed by atoms with van der Waals surface area (Å²) in [4.78, 5) is 19.4. The van der Waals surface area contributed by atoms with Crippen molar-refractivity contribution in [2.24, 2.45) is 11.7 Å². The molecule has 1 aliphatic rings. The van der Waals surface area contributed by atoms with Crippen LogP contribution in [0.25, 0.3) is 10.2 Å². The summed E-state index contributed by atoms with van der Waals surface area (Å²) < 4.78 is 10.7. The molecule has 1 fully saturated rings. The highest BCUT2D eigenvalue weighted by Crippen LogP contribution is 2.39. The fraction of sp³-hybridized carbons (Fsp3) is 0.529. The first-order chi connectivity index (χ1) is 12.1. The van der Waals surface area contributed by atoms with E-state index in [1.807, 2.05) is 6.07 Å². The van der Waals surface area contributed by atoms with Crippen LogP contribution in [0.15, 0.2) is 12.3 Å². The molecule has 1 atom stereocenters. The van der Waals surface area contributed by atoms with Gasteiger partial charge in [-0.25, -0.2) is 4.98 Å². The maximum atomic E-state index is 11.6. The predicted octanol–water partition coefficient (Wildman–Crippen LogP) is 2.28. The van der Waals surface area contributed by atoms with Gasteiger partial charge in [-0.1, -0.05) is 0 Å². The first-order valence-electron chi connectivity index (χ1n) is 8.40. The van der Waals surface area contributed by atoms with Crippen LogP contribution in [0.5, 0.6) is 0 Å². The van der Waals surface area contributed by atoms with Gasteiger partial charge in [0.15, 0.2) is 0 Å². The lowest BCUT2D eigenvalue weighted by Gasteiger charge is -2.34. The highest BCUT2D eigenvalue weighted by molar-refractivity contribution is 7.21. The second-order valence-corrected chi connectivity index (χ2v) is 7.24. The third-order valence-corrected chi connectivity index (χ3v) is 5.60. The van der Waals surface area contributed by atoms with Crippen LogP contribution in [0.1, 0.15) is 22.5 Å². The second kappa shape index (κ2) is 9.36. The summed E-state index contributed by atoms with van der Waals surface area (Å²) in [6.45, 7) is 3.80. The van der Waals surface area contributed by atoms with Gasteiger partial charge in [0.2, 0.25) is 0 Å². The topological polar surface area (TPSA) is 104 Å². The van der Waals surface area contributed by atoms with E-state index in [0.29, 0.717) is 29.7 Å². The predicted molar refractivity (Wildman–Crippen MR) is 107 cm³/mol. The lowest BCUT2D eigenvalue weighted by Crippen LogP contribution is -2.37. The number of rotatable bonds is 7. The molecule has 0 saturated carbocycles. The van der Waals surface area contributed by atoms with Gasteiger partial charge in [-0.05, 0) is 24.8 Å². The smallest absolute Gasteiger partial charge is 0.260 e. The second-order valence-electron chi connectivity index (χ2n) is 6.24. The average molecular weight is 401 g/mol. The van der Waals surface area contributed by atoms with Crippen molar-refractivity contribution < 1.29 is 14.3 Å². The van der Waals surface area contributed by atoms with Crippen LogP contribution in [0.4, 0.5) is 11.4 Å². The summed E-state index contributed by atoms with van der Waals surface area (Å²) in [5.74, 6) is -0.0428. The van der Waals surface area contributed by atoms with E-state index in [1.54, 1.807) is 13.3 Å². The van der Waals surface area contributed by atoms with E-state index in [2.05, 4.69) is 9.88 Å². The summed E-state index contributed by atoms with van der Waals surface area (Å²) in [6.07, 6.45) is 4.00. The fourth-order valence-corrected chi connectivity index (χ4v) is 4.22. The number of nitrogen functional groups attached to an aromatic ring is 1. The lowest BCUT2D eigenvalue weighted by molar-refractivity contribution is 0.0485. The Morgan fingerprint density at radius 2 is 2.27 bits per heavy atom. The number of amides is 1. The number of ether oxygens (including phenoxy) is 2. The van der Waals surface area contributed by atoms with Crippen molar-refractivity contribution in [3.05, 3.63) is 17.1 Å².